The van der Waals surface area contributed by atoms with Gasteiger partial charge in [-0.15, -0.1) is 5.10 Å². The summed E-state index contributed by atoms with van der Waals surface area (Å²) in [4.78, 5) is 12.6. The molecule has 1 aliphatic heterocycles. The van der Waals surface area contributed by atoms with Crippen molar-refractivity contribution in [1.29, 1.82) is 0 Å². The van der Waals surface area contributed by atoms with Gasteiger partial charge in [0.05, 0.1) is 16.8 Å². The van der Waals surface area contributed by atoms with Crippen molar-refractivity contribution in [1.82, 2.24) is 24.5 Å². The minimum Gasteiger partial charge on any atom is -0.325 e. The number of benzene rings is 1. The van der Waals surface area contributed by atoms with Crippen molar-refractivity contribution in [2.75, 3.05) is 24.2 Å². The van der Waals surface area contributed by atoms with Gasteiger partial charge in [0, 0.05) is 18.8 Å². The Balaban J connectivity index is 1.40. The lowest BCUT2D eigenvalue weighted by Crippen LogP contribution is -2.35. The number of sulfonamides is 1. The van der Waals surface area contributed by atoms with Gasteiger partial charge >= 0.3 is 0 Å². The normalized spacial score (nSPS) is 18.5. The van der Waals surface area contributed by atoms with Crippen molar-refractivity contribution in [3.8, 4) is 0 Å². The molecule has 32 heavy (non-hydrogen) atoms. The predicted octanol–water partition coefficient (Wildman–Crippen LogP) is 3.74. The van der Waals surface area contributed by atoms with E-state index in [9.17, 15) is 13.2 Å². The Morgan fingerprint density at radius 3 is 2.59 bits per heavy atom. The number of thioether (sulfide) groups is 1. The average Bonchev–Trinajstić information content (AvgIpc) is 3.29. The number of rotatable bonds is 7. The van der Waals surface area contributed by atoms with Crippen LogP contribution in [0.4, 0.5) is 5.69 Å². The SMILES string of the molecule is O=C(CSc1nnnn1C1CCCCC1)Nc1ccc(Cl)c(S(=O)(=O)N2CCCCC2)c1. The van der Waals surface area contributed by atoms with E-state index in [0.29, 0.717) is 23.9 Å². The molecule has 2 aliphatic rings. The number of amides is 1. The van der Waals surface area contributed by atoms with Crippen molar-refractivity contribution in [2.24, 2.45) is 0 Å². The zero-order valence-corrected chi connectivity index (χ0v) is 20.1. The summed E-state index contributed by atoms with van der Waals surface area (Å²) < 4.78 is 29.3. The van der Waals surface area contributed by atoms with Crippen molar-refractivity contribution in [2.45, 2.75) is 67.5 Å². The highest BCUT2D eigenvalue weighted by molar-refractivity contribution is 7.99. The number of carbonyl (C=O) groups excluding carboxylic acids is 1. The monoisotopic (exact) mass is 498 g/mol. The van der Waals surface area contributed by atoms with E-state index >= 15 is 0 Å². The lowest BCUT2D eigenvalue weighted by atomic mass is 9.96. The van der Waals surface area contributed by atoms with Gasteiger partial charge in [-0.3, -0.25) is 4.79 Å². The van der Waals surface area contributed by atoms with Crippen LogP contribution in [-0.2, 0) is 14.8 Å². The number of nitrogens with zero attached hydrogens (tertiary/aromatic N) is 5. The van der Waals surface area contributed by atoms with Crippen LogP contribution in [0.25, 0.3) is 0 Å². The van der Waals surface area contributed by atoms with Crippen LogP contribution in [0.15, 0.2) is 28.3 Å². The Labute approximate surface area is 197 Å². The van der Waals surface area contributed by atoms with Gasteiger partial charge in [0.1, 0.15) is 4.90 Å². The smallest absolute Gasteiger partial charge is 0.244 e. The standard InChI is InChI=1S/C20H27ClN6O3S2/c21-17-10-9-15(13-18(17)32(29,30)26-11-5-2-6-12-26)22-19(28)14-31-20-23-24-25-27(20)16-7-3-1-4-8-16/h9-10,13,16H,1-8,11-12,14H2,(H,22,28). The number of hydrogen-bond donors (Lipinski definition) is 1. The Morgan fingerprint density at radius 1 is 1.12 bits per heavy atom. The summed E-state index contributed by atoms with van der Waals surface area (Å²) in [7, 11) is -3.70. The molecular weight excluding hydrogens is 472 g/mol. The molecule has 1 aromatic heterocycles. The van der Waals surface area contributed by atoms with Gasteiger partial charge in [-0.1, -0.05) is 49.0 Å². The van der Waals surface area contributed by atoms with Crippen molar-refractivity contribution >= 4 is 45.0 Å². The van der Waals surface area contributed by atoms with Crippen LogP contribution >= 0.6 is 23.4 Å². The van der Waals surface area contributed by atoms with Crippen molar-refractivity contribution < 1.29 is 13.2 Å². The van der Waals surface area contributed by atoms with Crippen LogP contribution in [0.3, 0.4) is 0 Å². The molecule has 2 aromatic rings. The molecule has 2 heterocycles. The maximum Gasteiger partial charge on any atom is 0.244 e. The fourth-order valence-corrected chi connectivity index (χ4v) is 6.95. The number of carbonyl (C=O) groups is 1. The van der Waals surface area contributed by atoms with E-state index in [0.717, 1.165) is 44.9 Å². The maximum atomic E-state index is 13.0. The minimum absolute atomic E-state index is 0.0211. The predicted molar refractivity (Wildman–Crippen MR) is 123 cm³/mol. The molecule has 0 bridgehead atoms. The van der Waals surface area contributed by atoms with E-state index in [2.05, 4.69) is 20.8 Å². The molecule has 1 saturated heterocycles. The molecule has 9 nitrogen and oxygen atoms in total. The number of tetrazole rings is 1. The lowest BCUT2D eigenvalue weighted by Gasteiger charge is -2.26. The van der Waals surface area contributed by atoms with E-state index in [1.54, 1.807) is 6.07 Å². The molecule has 0 radical (unpaired) electrons. The first-order valence-electron chi connectivity index (χ1n) is 11.0. The molecule has 12 heteroatoms. The van der Waals surface area contributed by atoms with E-state index in [1.165, 1.54) is 34.6 Å². The van der Waals surface area contributed by atoms with Crippen molar-refractivity contribution in [3.63, 3.8) is 0 Å². The third-order valence-electron chi connectivity index (χ3n) is 5.86. The summed E-state index contributed by atoms with van der Waals surface area (Å²) in [6.07, 6.45) is 8.35. The molecule has 2 fully saturated rings. The molecule has 1 saturated carbocycles. The summed E-state index contributed by atoms with van der Waals surface area (Å²) in [6, 6.07) is 4.82. The first-order valence-corrected chi connectivity index (χ1v) is 13.8. The highest BCUT2D eigenvalue weighted by Crippen LogP contribution is 2.31. The van der Waals surface area contributed by atoms with E-state index in [4.69, 9.17) is 11.6 Å². The Morgan fingerprint density at radius 2 is 1.84 bits per heavy atom. The summed E-state index contributed by atoms with van der Waals surface area (Å²) in [6.45, 7) is 0.975. The second-order valence-electron chi connectivity index (χ2n) is 8.14. The largest absolute Gasteiger partial charge is 0.325 e. The highest BCUT2D eigenvalue weighted by atomic mass is 35.5. The molecule has 1 N–H and O–H groups in total. The Hall–Kier alpha value is -1.69. The van der Waals surface area contributed by atoms with Gasteiger partial charge in [-0.25, -0.2) is 13.1 Å². The van der Waals surface area contributed by atoms with Gasteiger partial charge in [0.25, 0.3) is 0 Å². The van der Waals surface area contributed by atoms with Crippen molar-refractivity contribution in [3.05, 3.63) is 23.2 Å². The fourth-order valence-electron chi connectivity index (χ4n) is 4.19. The van der Waals surface area contributed by atoms with Crippen LogP contribution in [0.2, 0.25) is 5.02 Å². The van der Waals surface area contributed by atoms with Crippen LogP contribution in [0, 0.1) is 0 Å². The fraction of sp³-hybridized carbons (Fsp3) is 0.600. The Kier molecular flexibility index (Phi) is 7.70. The summed E-state index contributed by atoms with van der Waals surface area (Å²) >= 11 is 7.48. The third-order valence-corrected chi connectivity index (χ3v) is 9.18. The molecular formula is C20H27ClN6O3S2. The first-order chi connectivity index (χ1) is 15.4. The molecule has 0 unspecified atom stereocenters. The number of halogens is 1. The van der Waals surface area contributed by atoms with Gasteiger partial charge in [-0.05, 0) is 54.3 Å². The minimum atomic E-state index is -3.70. The Bertz CT molecular complexity index is 1050. The average molecular weight is 499 g/mol. The summed E-state index contributed by atoms with van der Waals surface area (Å²) in [5.74, 6) is -0.152. The molecule has 1 aliphatic carbocycles. The molecule has 1 amide bonds. The van der Waals surface area contributed by atoms with E-state index in [-0.39, 0.29) is 27.6 Å². The van der Waals surface area contributed by atoms with Crippen LogP contribution in [0.5, 0.6) is 0 Å². The van der Waals surface area contributed by atoms with E-state index in [1.807, 2.05) is 4.68 Å². The summed E-state index contributed by atoms with van der Waals surface area (Å²) in [5.41, 5.74) is 0.391. The number of anilines is 1. The van der Waals surface area contributed by atoms with Gasteiger partial charge < -0.3 is 5.32 Å². The van der Waals surface area contributed by atoms with Crippen LogP contribution < -0.4 is 5.32 Å². The van der Waals surface area contributed by atoms with Crippen LogP contribution in [-0.4, -0.2) is 57.7 Å². The zero-order chi connectivity index (χ0) is 22.6. The summed E-state index contributed by atoms with van der Waals surface area (Å²) in [5, 5.41) is 15.5. The third kappa shape index (κ3) is 5.44. The topological polar surface area (TPSA) is 110 Å². The lowest BCUT2D eigenvalue weighted by molar-refractivity contribution is -0.113. The maximum absolute atomic E-state index is 13.0. The van der Waals surface area contributed by atoms with E-state index < -0.39 is 10.0 Å². The molecule has 4 rings (SSSR count). The number of aromatic nitrogens is 4. The van der Waals surface area contributed by atoms with Gasteiger partial charge in [0.2, 0.25) is 21.1 Å². The number of hydrogen-bond acceptors (Lipinski definition) is 7. The van der Waals surface area contributed by atoms with Crippen LogP contribution in [0.1, 0.15) is 57.4 Å². The molecule has 1 aromatic carbocycles. The van der Waals surface area contributed by atoms with Gasteiger partial charge in [-0.2, -0.15) is 4.31 Å². The zero-order valence-electron chi connectivity index (χ0n) is 17.7. The molecule has 0 spiro atoms. The van der Waals surface area contributed by atoms with Gasteiger partial charge in [0.15, 0.2) is 0 Å². The second-order valence-corrected chi connectivity index (χ2v) is 11.4. The second kappa shape index (κ2) is 10.5. The highest BCUT2D eigenvalue weighted by Gasteiger charge is 2.28. The first kappa shape index (κ1) is 23.5. The quantitative estimate of drug-likeness (QED) is 0.579. The molecule has 174 valence electrons. The molecule has 0 atom stereocenters. The number of nitrogens with one attached hydrogen (secondary N) is 1. The number of piperidine rings is 1.